The minimum atomic E-state index is -3.92. The fraction of sp³-hybridized carbons (Fsp3) is 0.292. The Morgan fingerprint density at radius 1 is 1.15 bits per heavy atom. The number of esters is 1. The number of likely N-dealkylation sites (tertiary alicyclic amines) is 1. The highest BCUT2D eigenvalue weighted by Crippen LogP contribution is 2.39. The van der Waals surface area contributed by atoms with Crippen LogP contribution >= 0.6 is 10.8 Å². The number of amides is 2. The van der Waals surface area contributed by atoms with Gasteiger partial charge in [0, 0.05) is 10.8 Å². The van der Waals surface area contributed by atoms with Gasteiger partial charge in [0.05, 0.1) is 18.4 Å². The lowest BCUT2D eigenvalue weighted by Gasteiger charge is -2.49. The van der Waals surface area contributed by atoms with Gasteiger partial charge in [-0.2, -0.15) is 0 Å². The summed E-state index contributed by atoms with van der Waals surface area (Å²) in [7, 11) is -2.25. The number of hydrogen-bond acceptors (Lipinski definition) is 7. The molecule has 8 nitrogen and oxygen atoms in total. The average Bonchev–Trinajstić information content (AvgIpc) is 2.80. The average molecular weight is 503 g/mol. The highest BCUT2D eigenvalue weighted by atomic mass is 33.1. The van der Waals surface area contributed by atoms with Crippen molar-refractivity contribution in [2.75, 3.05) is 7.11 Å². The molecule has 34 heavy (non-hydrogen) atoms. The van der Waals surface area contributed by atoms with Gasteiger partial charge in [-0.25, -0.2) is 13.2 Å². The second-order valence-electron chi connectivity index (χ2n) is 7.98. The van der Waals surface area contributed by atoms with Gasteiger partial charge in [0.1, 0.15) is 11.4 Å². The van der Waals surface area contributed by atoms with Crippen molar-refractivity contribution >= 4 is 37.4 Å². The zero-order chi connectivity index (χ0) is 25.0. The fourth-order valence-corrected chi connectivity index (χ4v) is 7.07. The van der Waals surface area contributed by atoms with Gasteiger partial charge < -0.3 is 15.0 Å². The third kappa shape index (κ3) is 5.51. The van der Waals surface area contributed by atoms with Crippen LogP contribution in [-0.2, 0) is 34.4 Å². The van der Waals surface area contributed by atoms with E-state index >= 15 is 0 Å². The first-order chi connectivity index (χ1) is 16.0. The molecule has 10 heteroatoms. The van der Waals surface area contributed by atoms with Crippen LogP contribution in [0.3, 0.4) is 0 Å². The second-order valence-corrected chi connectivity index (χ2v) is 11.9. The lowest BCUT2D eigenvalue weighted by molar-refractivity contribution is -0.161. The third-order valence-electron chi connectivity index (χ3n) is 5.31. The standard InChI is InChI=1S/C24H26N2O6S2/c1-15(2)21(24(29)32-4)26-22(28)20(25-19(27)14-17-8-6-5-7-9-17)23(26)33-34(30,31)18-12-10-16(3)11-13-18/h5-13,20-21,23H,1,14H2,2-4H3,(H,25,27). The summed E-state index contributed by atoms with van der Waals surface area (Å²) in [6.45, 7) is 7.14. The van der Waals surface area contributed by atoms with Crippen LogP contribution in [0.25, 0.3) is 0 Å². The normalized spacial score (nSPS) is 18.6. The van der Waals surface area contributed by atoms with E-state index < -0.39 is 44.1 Å². The van der Waals surface area contributed by atoms with Gasteiger partial charge in [0.15, 0.2) is 6.04 Å². The summed E-state index contributed by atoms with van der Waals surface area (Å²) in [6.07, 6.45) is 0.0215. The molecular weight excluding hydrogens is 476 g/mol. The maximum atomic E-state index is 13.1. The number of methoxy groups -OCH3 is 1. The number of ether oxygens (including phenoxy) is 1. The van der Waals surface area contributed by atoms with Gasteiger partial charge in [-0.15, -0.1) is 0 Å². The van der Waals surface area contributed by atoms with Crippen LogP contribution in [0.5, 0.6) is 0 Å². The van der Waals surface area contributed by atoms with E-state index in [2.05, 4.69) is 11.9 Å². The highest BCUT2D eigenvalue weighted by molar-refractivity contribution is 8.72. The molecule has 1 aliphatic rings. The number of benzene rings is 2. The molecule has 2 aromatic carbocycles. The first-order valence-electron chi connectivity index (χ1n) is 10.4. The highest BCUT2D eigenvalue weighted by Gasteiger charge is 2.55. The van der Waals surface area contributed by atoms with Crippen LogP contribution in [-0.4, -0.2) is 55.7 Å². The van der Waals surface area contributed by atoms with E-state index in [9.17, 15) is 22.8 Å². The molecule has 1 saturated heterocycles. The number of carbonyl (C=O) groups excluding carboxylic acids is 3. The minimum absolute atomic E-state index is 0.0215. The van der Waals surface area contributed by atoms with Gasteiger partial charge >= 0.3 is 5.97 Å². The van der Waals surface area contributed by atoms with Crippen LogP contribution in [0.1, 0.15) is 18.1 Å². The maximum Gasteiger partial charge on any atom is 0.332 e. The number of rotatable bonds is 9. The number of β-lactam (4-membered cyclic amide) rings is 1. The molecule has 2 amide bonds. The van der Waals surface area contributed by atoms with Crippen molar-refractivity contribution in [2.45, 2.75) is 42.6 Å². The summed E-state index contributed by atoms with van der Waals surface area (Å²) in [6, 6.07) is 12.9. The first-order valence-corrected chi connectivity index (χ1v) is 13.3. The molecule has 0 saturated carbocycles. The van der Waals surface area contributed by atoms with Crippen molar-refractivity contribution < 1.29 is 27.5 Å². The van der Waals surface area contributed by atoms with E-state index in [1.807, 2.05) is 13.0 Å². The molecule has 1 aliphatic heterocycles. The lowest BCUT2D eigenvalue weighted by Crippen LogP contribution is -2.73. The molecule has 180 valence electrons. The smallest absolute Gasteiger partial charge is 0.332 e. The van der Waals surface area contributed by atoms with Crippen LogP contribution in [0.4, 0.5) is 0 Å². The van der Waals surface area contributed by atoms with Crippen LogP contribution in [0, 0.1) is 6.92 Å². The molecule has 3 rings (SSSR count). The maximum absolute atomic E-state index is 13.1. The lowest BCUT2D eigenvalue weighted by atomic mass is 9.99. The third-order valence-corrected chi connectivity index (χ3v) is 9.04. The molecule has 2 aromatic rings. The Labute approximate surface area is 202 Å². The van der Waals surface area contributed by atoms with E-state index in [0.29, 0.717) is 16.4 Å². The monoisotopic (exact) mass is 502 g/mol. The zero-order valence-electron chi connectivity index (χ0n) is 19.1. The topological polar surface area (TPSA) is 110 Å². The Morgan fingerprint density at radius 2 is 1.76 bits per heavy atom. The van der Waals surface area contributed by atoms with Crippen molar-refractivity contribution in [3.05, 3.63) is 77.9 Å². The minimum Gasteiger partial charge on any atom is -0.467 e. The van der Waals surface area contributed by atoms with Crippen molar-refractivity contribution in [3.63, 3.8) is 0 Å². The predicted molar refractivity (Wildman–Crippen MR) is 129 cm³/mol. The molecule has 0 radical (unpaired) electrons. The summed E-state index contributed by atoms with van der Waals surface area (Å²) >= 11 is 0. The number of nitrogens with one attached hydrogen (secondary N) is 1. The van der Waals surface area contributed by atoms with E-state index in [0.717, 1.165) is 16.0 Å². The Balaban J connectivity index is 1.89. The summed E-state index contributed by atoms with van der Waals surface area (Å²) in [5.74, 6) is -1.77. The predicted octanol–water partition coefficient (Wildman–Crippen LogP) is 2.43. The summed E-state index contributed by atoms with van der Waals surface area (Å²) < 4.78 is 31.1. The van der Waals surface area contributed by atoms with Crippen LogP contribution < -0.4 is 5.32 Å². The Hall–Kier alpha value is -3.11. The first kappa shape index (κ1) is 25.5. The Morgan fingerprint density at radius 3 is 2.32 bits per heavy atom. The van der Waals surface area contributed by atoms with E-state index in [-0.39, 0.29) is 11.3 Å². The number of aryl methyl sites for hydroxylation is 1. The zero-order valence-corrected chi connectivity index (χ0v) is 20.7. The van der Waals surface area contributed by atoms with Crippen molar-refractivity contribution in [3.8, 4) is 0 Å². The van der Waals surface area contributed by atoms with Gasteiger partial charge in [0.25, 0.3) is 0 Å². The van der Waals surface area contributed by atoms with Crippen molar-refractivity contribution in [1.29, 1.82) is 0 Å². The molecule has 1 heterocycles. The summed E-state index contributed by atoms with van der Waals surface area (Å²) in [5, 5.41) is 1.58. The molecule has 3 atom stereocenters. The van der Waals surface area contributed by atoms with Crippen LogP contribution in [0.15, 0.2) is 71.6 Å². The van der Waals surface area contributed by atoms with Gasteiger partial charge in [0.2, 0.25) is 20.7 Å². The van der Waals surface area contributed by atoms with Gasteiger partial charge in [-0.05, 0) is 37.1 Å². The SMILES string of the molecule is C=C(C)C(C(=O)OC)N1C(=O)C(NC(=O)Cc2ccccc2)C1SS(=O)(=O)c1ccc(C)cc1. The van der Waals surface area contributed by atoms with Gasteiger partial charge in [-0.3, -0.25) is 9.59 Å². The molecule has 3 unspecified atom stereocenters. The summed E-state index contributed by atoms with van der Waals surface area (Å²) in [4.78, 5) is 39.2. The van der Waals surface area contributed by atoms with E-state index in [4.69, 9.17) is 4.74 Å². The fourth-order valence-electron chi connectivity index (χ4n) is 3.56. The van der Waals surface area contributed by atoms with Gasteiger partial charge in [-0.1, -0.05) is 54.6 Å². The quantitative estimate of drug-likeness (QED) is 0.243. The molecular formula is C24H26N2O6S2. The number of hydrogen-bond donors (Lipinski definition) is 1. The summed E-state index contributed by atoms with van der Waals surface area (Å²) in [5.41, 5.74) is 1.95. The van der Waals surface area contributed by atoms with Crippen molar-refractivity contribution in [1.82, 2.24) is 10.2 Å². The Kier molecular flexibility index (Phi) is 7.83. The molecule has 1 fully saturated rings. The molecule has 0 aliphatic carbocycles. The van der Waals surface area contributed by atoms with Crippen molar-refractivity contribution in [2.24, 2.45) is 0 Å². The number of carbonyl (C=O) groups is 3. The largest absolute Gasteiger partial charge is 0.467 e. The molecule has 1 N–H and O–H groups in total. The molecule has 0 bridgehead atoms. The van der Waals surface area contributed by atoms with E-state index in [1.54, 1.807) is 43.3 Å². The number of nitrogens with zero attached hydrogens (tertiary/aromatic N) is 1. The molecule has 0 aromatic heterocycles. The Bertz CT molecular complexity index is 1200. The molecule has 0 spiro atoms. The second kappa shape index (κ2) is 10.4. The van der Waals surface area contributed by atoms with E-state index in [1.165, 1.54) is 19.2 Å². The van der Waals surface area contributed by atoms with Crippen LogP contribution in [0.2, 0.25) is 0 Å².